The minimum atomic E-state index is -0.596. The van der Waals surface area contributed by atoms with E-state index < -0.39 is 5.41 Å². The third-order valence-electron chi connectivity index (χ3n) is 5.36. The lowest BCUT2D eigenvalue weighted by Gasteiger charge is -2.35. The number of hydrogen-bond acceptors (Lipinski definition) is 2. The molecule has 0 radical (unpaired) electrons. The van der Waals surface area contributed by atoms with E-state index in [0.29, 0.717) is 6.04 Å². The number of benzene rings is 2. The molecule has 3 nitrogen and oxygen atoms in total. The van der Waals surface area contributed by atoms with Gasteiger partial charge in [-0.25, -0.2) is 0 Å². The summed E-state index contributed by atoms with van der Waals surface area (Å²) < 4.78 is 0. The Hall–Kier alpha value is -2.29. The molecule has 132 valence electrons. The van der Waals surface area contributed by atoms with Crippen LogP contribution in [0.4, 0.5) is 0 Å². The second-order valence-corrected chi connectivity index (χ2v) is 7.61. The third kappa shape index (κ3) is 3.87. The molecule has 1 fully saturated rings. The van der Waals surface area contributed by atoms with Crippen LogP contribution in [0.15, 0.2) is 54.6 Å². The number of amides is 1. The molecule has 1 aliphatic carbocycles. The van der Waals surface area contributed by atoms with Crippen LogP contribution >= 0.6 is 0 Å². The van der Waals surface area contributed by atoms with Crippen molar-refractivity contribution in [2.75, 3.05) is 0 Å². The maximum atomic E-state index is 13.1. The largest absolute Gasteiger partial charge is 0.508 e. The van der Waals surface area contributed by atoms with E-state index in [1.807, 2.05) is 44.2 Å². The van der Waals surface area contributed by atoms with Crippen molar-refractivity contribution in [3.05, 3.63) is 65.7 Å². The zero-order chi connectivity index (χ0) is 17.9. The van der Waals surface area contributed by atoms with Crippen molar-refractivity contribution in [3.8, 4) is 5.75 Å². The van der Waals surface area contributed by atoms with Crippen LogP contribution in [0.3, 0.4) is 0 Å². The number of rotatable bonds is 5. The SMILES string of the molecule is CC(C)(C(=O)NC1CCCC1)[C@@H](c1ccccc1)c1ccc(O)cc1. The predicted octanol–water partition coefficient (Wildman–Crippen LogP) is 4.61. The van der Waals surface area contributed by atoms with E-state index in [1.165, 1.54) is 12.8 Å². The zero-order valence-corrected chi connectivity index (χ0v) is 15.0. The molecule has 3 heteroatoms. The summed E-state index contributed by atoms with van der Waals surface area (Å²) in [5, 5.41) is 12.9. The van der Waals surface area contributed by atoms with E-state index in [0.717, 1.165) is 24.0 Å². The monoisotopic (exact) mass is 337 g/mol. The standard InChI is InChI=1S/C22H27NO2/c1-22(2,21(25)23-18-10-6-7-11-18)20(16-8-4-3-5-9-16)17-12-14-19(24)15-13-17/h3-5,8-9,12-15,18,20,24H,6-7,10-11H2,1-2H3,(H,23,25)/t20-/m0/s1. The number of carbonyl (C=O) groups is 1. The van der Waals surface area contributed by atoms with Gasteiger partial charge < -0.3 is 10.4 Å². The second kappa shape index (κ2) is 7.30. The Balaban J connectivity index is 1.94. The van der Waals surface area contributed by atoms with E-state index in [9.17, 15) is 9.90 Å². The van der Waals surface area contributed by atoms with E-state index in [4.69, 9.17) is 0 Å². The van der Waals surface area contributed by atoms with Crippen LogP contribution in [-0.4, -0.2) is 17.1 Å². The molecule has 25 heavy (non-hydrogen) atoms. The number of phenols is 1. The molecule has 0 heterocycles. The first-order chi connectivity index (χ1) is 12.0. The van der Waals surface area contributed by atoms with Gasteiger partial charge in [-0.2, -0.15) is 0 Å². The van der Waals surface area contributed by atoms with Crippen LogP contribution in [0.1, 0.15) is 56.6 Å². The van der Waals surface area contributed by atoms with Crippen LogP contribution < -0.4 is 5.32 Å². The Morgan fingerprint density at radius 2 is 1.56 bits per heavy atom. The smallest absolute Gasteiger partial charge is 0.226 e. The average molecular weight is 337 g/mol. The van der Waals surface area contributed by atoms with Crippen LogP contribution in [0.2, 0.25) is 0 Å². The fourth-order valence-corrected chi connectivity index (χ4v) is 3.91. The molecule has 0 aromatic heterocycles. The number of phenolic OH excluding ortho intramolecular Hbond substituents is 1. The number of aromatic hydroxyl groups is 1. The highest BCUT2D eigenvalue weighted by atomic mass is 16.3. The highest BCUT2D eigenvalue weighted by molar-refractivity contribution is 5.84. The maximum absolute atomic E-state index is 13.1. The highest BCUT2D eigenvalue weighted by Crippen LogP contribution is 2.41. The summed E-state index contributed by atoms with van der Waals surface area (Å²) in [5.41, 5.74) is 1.55. The first kappa shape index (κ1) is 17.5. The van der Waals surface area contributed by atoms with Crippen LogP contribution in [0, 0.1) is 5.41 Å². The number of nitrogens with one attached hydrogen (secondary N) is 1. The van der Waals surface area contributed by atoms with Crippen molar-refractivity contribution in [2.45, 2.75) is 51.5 Å². The topological polar surface area (TPSA) is 49.3 Å². The lowest BCUT2D eigenvalue weighted by molar-refractivity contribution is -0.130. The fraction of sp³-hybridized carbons (Fsp3) is 0.409. The van der Waals surface area contributed by atoms with Gasteiger partial charge in [0.15, 0.2) is 0 Å². The molecule has 2 aromatic carbocycles. The van der Waals surface area contributed by atoms with Crippen molar-refractivity contribution in [1.29, 1.82) is 0 Å². The van der Waals surface area contributed by atoms with E-state index in [2.05, 4.69) is 17.4 Å². The number of carbonyl (C=O) groups excluding carboxylic acids is 1. The van der Waals surface area contributed by atoms with Crippen molar-refractivity contribution in [1.82, 2.24) is 5.32 Å². The lowest BCUT2D eigenvalue weighted by Crippen LogP contribution is -2.45. The van der Waals surface area contributed by atoms with Crippen LogP contribution in [0.5, 0.6) is 5.75 Å². The minimum absolute atomic E-state index is 0.0734. The normalized spacial score (nSPS) is 16.6. The summed E-state index contributed by atoms with van der Waals surface area (Å²) in [6.07, 6.45) is 4.56. The molecule has 1 amide bonds. The highest BCUT2D eigenvalue weighted by Gasteiger charge is 2.39. The second-order valence-electron chi connectivity index (χ2n) is 7.61. The van der Waals surface area contributed by atoms with Crippen molar-refractivity contribution in [2.24, 2.45) is 5.41 Å². The summed E-state index contributed by atoms with van der Waals surface area (Å²) >= 11 is 0. The van der Waals surface area contributed by atoms with Gasteiger partial charge >= 0.3 is 0 Å². The van der Waals surface area contributed by atoms with E-state index in [1.54, 1.807) is 12.1 Å². The lowest BCUT2D eigenvalue weighted by atomic mass is 9.70. The third-order valence-corrected chi connectivity index (χ3v) is 5.36. The quantitative estimate of drug-likeness (QED) is 0.837. The summed E-state index contributed by atoms with van der Waals surface area (Å²) in [6, 6.07) is 17.7. The first-order valence-electron chi connectivity index (χ1n) is 9.13. The van der Waals surface area contributed by atoms with Crippen LogP contribution in [0.25, 0.3) is 0 Å². The fourth-order valence-electron chi connectivity index (χ4n) is 3.91. The van der Waals surface area contributed by atoms with Gasteiger partial charge in [-0.05, 0) is 36.1 Å². The Labute approximate surface area is 150 Å². The van der Waals surface area contributed by atoms with Gasteiger partial charge in [-0.3, -0.25) is 4.79 Å². The Morgan fingerprint density at radius 1 is 1.00 bits per heavy atom. The van der Waals surface area contributed by atoms with Crippen molar-refractivity contribution < 1.29 is 9.90 Å². The Kier molecular flexibility index (Phi) is 5.12. The Bertz CT molecular complexity index is 701. The van der Waals surface area contributed by atoms with Crippen LogP contribution in [-0.2, 0) is 4.79 Å². The molecule has 0 aliphatic heterocycles. The van der Waals surface area contributed by atoms with Crippen molar-refractivity contribution in [3.63, 3.8) is 0 Å². The molecular formula is C22H27NO2. The number of hydrogen-bond donors (Lipinski definition) is 2. The summed E-state index contributed by atoms with van der Waals surface area (Å²) in [7, 11) is 0. The predicted molar refractivity (Wildman–Crippen MR) is 101 cm³/mol. The van der Waals surface area contributed by atoms with E-state index in [-0.39, 0.29) is 17.6 Å². The molecule has 3 rings (SSSR count). The molecular weight excluding hydrogens is 310 g/mol. The summed E-state index contributed by atoms with van der Waals surface area (Å²) in [4.78, 5) is 13.1. The molecule has 2 N–H and O–H groups in total. The minimum Gasteiger partial charge on any atom is -0.508 e. The van der Waals surface area contributed by atoms with Gasteiger partial charge in [0.25, 0.3) is 0 Å². The molecule has 0 bridgehead atoms. The van der Waals surface area contributed by atoms with Gasteiger partial charge in [0.2, 0.25) is 5.91 Å². The molecule has 0 saturated heterocycles. The van der Waals surface area contributed by atoms with E-state index >= 15 is 0 Å². The van der Waals surface area contributed by atoms with Gasteiger partial charge in [-0.15, -0.1) is 0 Å². The maximum Gasteiger partial charge on any atom is 0.226 e. The molecule has 1 atom stereocenters. The van der Waals surface area contributed by atoms with Gasteiger partial charge in [0.1, 0.15) is 5.75 Å². The molecule has 1 aliphatic rings. The van der Waals surface area contributed by atoms with Gasteiger partial charge in [0.05, 0.1) is 5.41 Å². The van der Waals surface area contributed by atoms with Gasteiger partial charge in [-0.1, -0.05) is 69.2 Å². The molecule has 0 spiro atoms. The summed E-state index contributed by atoms with van der Waals surface area (Å²) in [6.45, 7) is 4.03. The molecule has 0 unspecified atom stereocenters. The zero-order valence-electron chi connectivity index (χ0n) is 15.0. The average Bonchev–Trinajstić information content (AvgIpc) is 3.11. The Morgan fingerprint density at radius 3 is 2.16 bits per heavy atom. The summed E-state index contributed by atoms with van der Waals surface area (Å²) in [5.74, 6) is 0.265. The first-order valence-corrected chi connectivity index (χ1v) is 9.13. The molecule has 1 saturated carbocycles. The van der Waals surface area contributed by atoms with Crippen molar-refractivity contribution >= 4 is 5.91 Å². The molecule has 2 aromatic rings. The van der Waals surface area contributed by atoms with Gasteiger partial charge in [0, 0.05) is 12.0 Å².